The van der Waals surface area contributed by atoms with Crippen molar-refractivity contribution < 1.29 is 0 Å². The summed E-state index contributed by atoms with van der Waals surface area (Å²) in [6.07, 6.45) is 4.78. The average molecular weight is 887 g/mol. The van der Waals surface area contributed by atoms with Crippen molar-refractivity contribution in [2.75, 3.05) is 9.80 Å². The molecular weight excluding hydrogens is 816 g/mol. The maximum atomic E-state index is 2.72. The number of fused-ring (bicyclic) bond motifs is 10. The van der Waals surface area contributed by atoms with Crippen LogP contribution in [0, 0.1) is 13.8 Å². The van der Waals surface area contributed by atoms with E-state index in [1.807, 2.05) is 11.3 Å². The maximum Gasteiger partial charge on any atom is 0.254 e. The lowest BCUT2D eigenvalue weighted by molar-refractivity contribution is 0.332. The van der Waals surface area contributed by atoms with Crippen molar-refractivity contribution in [3.05, 3.63) is 136 Å². The first-order valence-electron chi connectivity index (χ1n) is 25.0. The summed E-state index contributed by atoms with van der Waals surface area (Å²) in [7, 11) is 0. The van der Waals surface area contributed by atoms with Gasteiger partial charge in [-0.05, 0) is 187 Å². The Hall–Kier alpha value is -4.80. The molecule has 0 saturated carbocycles. The van der Waals surface area contributed by atoms with Gasteiger partial charge in [-0.1, -0.05) is 139 Å². The van der Waals surface area contributed by atoms with E-state index in [0.717, 1.165) is 0 Å². The van der Waals surface area contributed by atoms with E-state index in [-0.39, 0.29) is 39.2 Å². The smallest absolute Gasteiger partial charge is 0.254 e. The Balaban J connectivity index is 1.32. The molecule has 1 aromatic heterocycles. The molecule has 2 aliphatic carbocycles. The molecule has 0 radical (unpaired) electrons. The lowest BCUT2D eigenvalue weighted by Crippen LogP contribution is -2.62. The fourth-order valence-electron chi connectivity index (χ4n) is 12.6. The highest BCUT2D eigenvalue weighted by molar-refractivity contribution is 7.28. The fraction of sp³-hybridized carbons (Fsp3) is 0.419. The minimum atomic E-state index is -0.0895. The van der Waals surface area contributed by atoms with E-state index >= 15 is 0 Å². The number of benzene rings is 6. The van der Waals surface area contributed by atoms with Gasteiger partial charge in [0, 0.05) is 48.9 Å². The summed E-state index contributed by atoms with van der Waals surface area (Å²) in [5.74, 6) is 0. The van der Waals surface area contributed by atoms with Gasteiger partial charge < -0.3 is 9.80 Å². The van der Waals surface area contributed by atoms with Crippen molar-refractivity contribution in [2.24, 2.45) is 0 Å². The van der Waals surface area contributed by atoms with Gasteiger partial charge >= 0.3 is 0 Å². The predicted octanol–water partition coefficient (Wildman–Crippen LogP) is 16.0. The van der Waals surface area contributed by atoms with E-state index in [4.69, 9.17) is 0 Å². The van der Waals surface area contributed by atoms with Gasteiger partial charge in [-0.25, -0.2) is 0 Å². The lowest BCUT2D eigenvalue weighted by Gasteiger charge is -2.48. The van der Waals surface area contributed by atoms with E-state index in [2.05, 4.69) is 212 Å². The van der Waals surface area contributed by atoms with Gasteiger partial charge in [-0.3, -0.25) is 0 Å². The summed E-state index contributed by atoms with van der Waals surface area (Å²) < 4.78 is 2.85. The Morgan fingerprint density at radius 2 is 0.970 bits per heavy atom. The van der Waals surface area contributed by atoms with Gasteiger partial charge in [0.2, 0.25) is 0 Å². The SMILES string of the molecule is Cc1cc(C(C)(C)C)ccc1N1c2cc3c(cc2B2c4c1cc(C(C)(C)C)cc4N(c1ccccc1C)c1ccc4c(sc5cc6c(cc54)C(C)(C)CCC6(C)C)c12)C(C)(C)CCC3(C)C. The Labute approximate surface area is 400 Å². The van der Waals surface area contributed by atoms with Crippen molar-refractivity contribution in [3.8, 4) is 0 Å². The highest BCUT2D eigenvalue weighted by Gasteiger charge is 2.48. The van der Waals surface area contributed by atoms with Crippen molar-refractivity contribution in [3.63, 3.8) is 0 Å². The fourth-order valence-corrected chi connectivity index (χ4v) is 13.9. The highest BCUT2D eigenvalue weighted by Crippen LogP contribution is 2.54. The van der Waals surface area contributed by atoms with Crippen LogP contribution < -0.4 is 26.2 Å². The summed E-state index contributed by atoms with van der Waals surface area (Å²) in [6.45, 7) is 38.7. The minimum Gasteiger partial charge on any atom is -0.311 e. The molecule has 0 unspecified atom stereocenters. The molecular formula is C62H71BN2S. The number of aryl methyl sites for hydroxylation is 2. The zero-order chi connectivity index (χ0) is 47.0. The van der Waals surface area contributed by atoms with E-state index in [0.29, 0.717) is 0 Å². The molecule has 3 heterocycles. The second-order valence-corrected chi connectivity index (χ2v) is 26.7. The molecule has 11 rings (SSSR count). The summed E-state index contributed by atoms with van der Waals surface area (Å²) in [6, 6.07) is 37.2. The van der Waals surface area contributed by atoms with Crippen LogP contribution in [0.5, 0.6) is 0 Å². The largest absolute Gasteiger partial charge is 0.311 e. The first kappa shape index (κ1) is 43.8. The Bertz CT molecular complexity index is 3210. The standard InChI is InChI=1S/C62H71BN2S/c1-36-19-17-18-20-47(36)64-49-24-22-40-41-32-42-45(62(15,16)28-25-59(42,9)10)35-53(41)66-56(40)55(49)63-46-33-43-44(61(13,14)27-26-60(43,11)12)34-50(46)65(48-23-21-38(29-37(48)2)57(3,4)5)52-31-39(58(6,7)8)30-51(64)54(52)63/h17-24,29-35H,25-28H2,1-16H3. The number of nitrogens with zero attached hydrogens (tertiary/aromatic N) is 2. The van der Waals surface area contributed by atoms with Crippen LogP contribution in [0.2, 0.25) is 0 Å². The molecule has 66 heavy (non-hydrogen) atoms. The summed E-state index contributed by atoms with van der Waals surface area (Å²) in [5, 5.41) is 2.81. The number of thiophene rings is 1. The number of para-hydroxylation sites is 1. The number of hydrogen-bond acceptors (Lipinski definition) is 3. The van der Waals surface area contributed by atoms with Crippen LogP contribution >= 0.6 is 11.3 Å². The zero-order valence-corrected chi connectivity index (χ0v) is 43.7. The van der Waals surface area contributed by atoms with Gasteiger partial charge in [0.25, 0.3) is 6.71 Å². The van der Waals surface area contributed by atoms with E-state index in [1.54, 1.807) is 5.56 Å². The summed E-state index contributed by atoms with van der Waals surface area (Å²) in [4.78, 5) is 5.38. The van der Waals surface area contributed by atoms with Crippen molar-refractivity contribution >= 4 is 88.7 Å². The molecule has 0 saturated heterocycles. The molecule has 4 heteroatoms. The first-order valence-corrected chi connectivity index (χ1v) is 25.8. The van der Waals surface area contributed by atoms with Crippen LogP contribution in [0.25, 0.3) is 20.2 Å². The maximum absolute atomic E-state index is 2.72. The summed E-state index contributed by atoms with van der Waals surface area (Å²) >= 11 is 2.05. The number of anilines is 6. The molecule has 0 bridgehead atoms. The highest BCUT2D eigenvalue weighted by atomic mass is 32.1. The number of hydrogen-bond donors (Lipinski definition) is 0. The van der Waals surface area contributed by atoms with Crippen LogP contribution in [0.3, 0.4) is 0 Å². The summed E-state index contributed by atoms with van der Waals surface area (Å²) in [5.41, 5.74) is 23.9. The zero-order valence-electron chi connectivity index (χ0n) is 42.9. The molecule has 6 aromatic carbocycles. The van der Waals surface area contributed by atoms with Crippen LogP contribution in [0.15, 0.2) is 91.0 Å². The second-order valence-electron chi connectivity index (χ2n) is 25.7. The molecule has 0 N–H and O–H groups in total. The van der Waals surface area contributed by atoms with Gasteiger partial charge in [-0.2, -0.15) is 0 Å². The third-order valence-electron chi connectivity index (χ3n) is 17.1. The van der Waals surface area contributed by atoms with Crippen LogP contribution in [0.4, 0.5) is 34.1 Å². The first-order chi connectivity index (χ1) is 30.8. The van der Waals surface area contributed by atoms with Gasteiger partial charge in [-0.15, -0.1) is 11.3 Å². The Kier molecular flexibility index (Phi) is 9.22. The molecule has 0 spiro atoms. The lowest BCUT2D eigenvalue weighted by atomic mass is 9.33. The predicted molar refractivity (Wildman–Crippen MR) is 291 cm³/mol. The van der Waals surface area contributed by atoms with Gasteiger partial charge in [0.05, 0.1) is 0 Å². The molecule has 0 amide bonds. The molecule has 338 valence electrons. The quantitative estimate of drug-likeness (QED) is 0.160. The second kappa shape index (κ2) is 13.9. The Morgan fingerprint density at radius 1 is 0.455 bits per heavy atom. The topological polar surface area (TPSA) is 6.48 Å². The van der Waals surface area contributed by atoms with Crippen molar-refractivity contribution in [1.82, 2.24) is 0 Å². The molecule has 0 atom stereocenters. The van der Waals surface area contributed by atoms with E-state index in [9.17, 15) is 0 Å². The molecule has 0 fully saturated rings. The third kappa shape index (κ3) is 6.32. The van der Waals surface area contributed by atoms with E-state index in [1.165, 1.54) is 135 Å². The average Bonchev–Trinajstić information content (AvgIpc) is 3.61. The van der Waals surface area contributed by atoms with E-state index < -0.39 is 0 Å². The third-order valence-corrected chi connectivity index (χ3v) is 18.3. The van der Waals surface area contributed by atoms with Gasteiger partial charge in [0.15, 0.2) is 0 Å². The molecule has 7 aromatic rings. The normalized spacial score (nSPS) is 18.8. The minimum absolute atomic E-state index is 0.0325. The van der Waals surface area contributed by atoms with Crippen LogP contribution in [-0.4, -0.2) is 6.71 Å². The monoisotopic (exact) mass is 887 g/mol. The van der Waals surface area contributed by atoms with Crippen LogP contribution in [0.1, 0.15) is 167 Å². The molecule has 2 aliphatic heterocycles. The van der Waals surface area contributed by atoms with Crippen molar-refractivity contribution in [2.45, 2.75) is 169 Å². The molecule has 4 aliphatic rings. The molecule has 2 nitrogen and oxygen atoms in total. The number of rotatable bonds is 2. The Morgan fingerprint density at radius 3 is 1.55 bits per heavy atom. The van der Waals surface area contributed by atoms with Gasteiger partial charge in [0.1, 0.15) is 0 Å². The van der Waals surface area contributed by atoms with Crippen molar-refractivity contribution in [1.29, 1.82) is 0 Å². The van der Waals surface area contributed by atoms with Crippen LogP contribution in [-0.2, 0) is 32.5 Å².